The molecule has 0 spiro atoms. The van der Waals surface area contributed by atoms with E-state index in [-0.39, 0.29) is 10.8 Å². The van der Waals surface area contributed by atoms with Crippen LogP contribution in [0.5, 0.6) is 0 Å². The maximum atomic E-state index is 12.6. The molecule has 1 aromatic carbocycles. The van der Waals surface area contributed by atoms with E-state index in [0.29, 0.717) is 17.0 Å². The second kappa shape index (κ2) is 6.15. The summed E-state index contributed by atoms with van der Waals surface area (Å²) in [6, 6.07) is 4.42. The number of carbonyl (C=O) groups excluding carboxylic acids is 1. The third-order valence-corrected chi connectivity index (χ3v) is 4.97. The van der Waals surface area contributed by atoms with Crippen molar-refractivity contribution in [2.24, 2.45) is 11.1 Å². The van der Waals surface area contributed by atoms with Crippen LogP contribution in [0.4, 0.5) is 0 Å². The lowest BCUT2D eigenvalue weighted by atomic mass is 10.0. The summed E-state index contributed by atoms with van der Waals surface area (Å²) in [5.74, 6) is 0.622. The topological polar surface area (TPSA) is 80.5 Å². The highest BCUT2D eigenvalue weighted by Crippen LogP contribution is 2.21. The van der Waals surface area contributed by atoms with E-state index < -0.39 is 10.0 Å². The van der Waals surface area contributed by atoms with Gasteiger partial charge in [-0.2, -0.15) is 0 Å². The van der Waals surface area contributed by atoms with Gasteiger partial charge in [0.2, 0.25) is 10.0 Å². The molecule has 0 aliphatic carbocycles. The molecule has 1 saturated heterocycles. The van der Waals surface area contributed by atoms with Crippen molar-refractivity contribution in [1.29, 1.82) is 0 Å². The van der Waals surface area contributed by atoms with E-state index in [1.807, 2.05) is 4.90 Å². The number of benzene rings is 1. The molecule has 1 aliphatic rings. The summed E-state index contributed by atoms with van der Waals surface area (Å²) in [7, 11) is -3.73. The van der Waals surface area contributed by atoms with Crippen LogP contribution >= 0.6 is 0 Å². The molecular weight excluding hydrogens is 288 g/mol. The Balaban J connectivity index is 2.23. The molecule has 1 amide bonds. The van der Waals surface area contributed by atoms with Crippen molar-refractivity contribution in [1.82, 2.24) is 4.90 Å². The number of amides is 1. The molecule has 5 nitrogen and oxygen atoms in total. The Morgan fingerprint density at radius 1 is 1.29 bits per heavy atom. The minimum atomic E-state index is -3.73. The van der Waals surface area contributed by atoms with Crippen LogP contribution in [0.25, 0.3) is 0 Å². The maximum absolute atomic E-state index is 12.6. The smallest absolute Gasteiger partial charge is 0.254 e. The van der Waals surface area contributed by atoms with Crippen molar-refractivity contribution in [3.63, 3.8) is 0 Å². The number of primary sulfonamides is 1. The van der Waals surface area contributed by atoms with Crippen LogP contribution in [0.2, 0.25) is 0 Å². The average molecular weight is 310 g/mol. The fraction of sp³-hybridized carbons (Fsp3) is 0.533. The molecule has 2 rings (SSSR count). The molecule has 1 atom stereocenters. The number of nitrogens with two attached hydrogens (primary N) is 1. The molecule has 0 radical (unpaired) electrons. The van der Waals surface area contributed by atoms with E-state index in [9.17, 15) is 13.2 Å². The Hall–Kier alpha value is -1.40. The second-order valence-electron chi connectivity index (χ2n) is 5.85. The SMILES string of the molecule is Cc1cc(S(N)(=O)=O)ccc1C(=O)N1CCCC(C)CC1. The molecule has 1 aromatic rings. The third-order valence-electron chi connectivity index (χ3n) is 4.06. The fourth-order valence-corrected chi connectivity index (χ4v) is 3.29. The van der Waals surface area contributed by atoms with E-state index in [1.165, 1.54) is 12.1 Å². The molecule has 116 valence electrons. The van der Waals surface area contributed by atoms with Gasteiger partial charge in [-0.15, -0.1) is 0 Å². The summed E-state index contributed by atoms with van der Waals surface area (Å²) >= 11 is 0. The zero-order valence-corrected chi connectivity index (χ0v) is 13.3. The predicted molar refractivity (Wildman–Crippen MR) is 81.5 cm³/mol. The highest BCUT2D eigenvalue weighted by molar-refractivity contribution is 7.89. The van der Waals surface area contributed by atoms with Gasteiger partial charge in [0, 0.05) is 18.7 Å². The molecule has 1 aliphatic heterocycles. The van der Waals surface area contributed by atoms with Crippen molar-refractivity contribution < 1.29 is 13.2 Å². The first-order chi connectivity index (χ1) is 9.79. The standard InChI is InChI=1S/C15H22N2O3S/c1-11-4-3-8-17(9-7-11)15(18)14-6-5-13(10-12(14)2)21(16,19)20/h5-6,10-11H,3-4,7-9H2,1-2H3,(H2,16,19,20). The molecule has 1 heterocycles. The molecule has 6 heteroatoms. The number of aryl methyl sites for hydroxylation is 1. The van der Waals surface area contributed by atoms with Crippen LogP contribution in [-0.2, 0) is 10.0 Å². The first-order valence-electron chi connectivity index (χ1n) is 7.22. The molecule has 0 aromatic heterocycles. The van der Waals surface area contributed by atoms with E-state index >= 15 is 0 Å². The largest absolute Gasteiger partial charge is 0.339 e. The van der Waals surface area contributed by atoms with Crippen LogP contribution < -0.4 is 5.14 Å². The number of sulfonamides is 1. The van der Waals surface area contributed by atoms with Crippen LogP contribution in [-0.4, -0.2) is 32.3 Å². The number of carbonyl (C=O) groups is 1. The van der Waals surface area contributed by atoms with Crippen LogP contribution in [0.15, 0.2) is 23.1 Å². The van der Waals surface area contributed by atoms with Gasteiger partial charge in [0.25, 0.3) is 5.91 Å². The molecule has 2 N–H and O–H groups in total. The van der Waals surface area contributed by atoms with Crippen molar-refractivity contribution in [3.8, 4) is 0 Å². The van der Waals surface area contributed by atoms with E-state index in [2.05, 4.69) is 6.92 Å². The summed E-state index contributed by atoms with van der Waals surface area (Å²) in [6.07, 6.45) is 3.17. The van der Waals surface area contributed by atoms with Crippen molar-refractivity contribution in [2.75, 3.05) is 13.1 Å². The summed E-state index contributed by atoms with van der Waals surface area (Å²) in [6.45, 7) is 5.47. The van der Waals surface area contributed by atoms with E-state index in [1.54, 1.807) is 13.0 Å². The summed E-state index contributed by atoms with van der Waals surface area (Å²) in [4.78, 5) is 14.5. The Morgan fingerprint density at radius 3 is 2.62 bits per heavy atom. The van der Waals surface area contributed by atoms with E-state index in [4.69, 9.17) is 5.14 Å². The monoisotopic (exact) mass is 310 g/mol. The number of hydrogen-bond donors (Lipinski definition) is 1. The highest BCUT2D eigenvalue weighted by atomic mass is 32.2. The lowest BCUT2D eigenvalue weighted by Crippen LogP contribution is -2.32. The van der Waals surface area contributed by atoms with Crippen molar-refractivity contribution in [3.05, 3.63) is 29.3 Å². The van der Waals surface area contributed by atoms with Crippen molar-refractivity contribution in [2.45, 2.75) is 38.0 Å². The normalized spacial score (nSPS) is 20.1. The fourth-order valence-electron chi connectivity index (χ4n) is 2.69. The zero-order valence-electron chi connectivity index (χ0n) is 12.5. The van der Waals surface area contributed by atoms with Crippen molar-refractivity contribution >= 4 is 15.9 Å². The van der Waals surface area contributed by atoms with Gasteiger partial charge in [-0.25, -0.2) is 13.6 Å². The molecule has 21 heavy (non-hydrogen) atoms. The van der Waals surface area contributed by atoms with Gasteiger partial charge in [-0.3, -0.25) is 4.79 Å². The van der Waals surface area contributed by atoms with Gasteiger partial charge >= 0.3 is 0 Å². The van der Waals surface area contributed by atoms with Gasteiger partial charge in [0.05, 0.1) is 4.90 Å². The molecule has 1 unspecified atom stereocenters. The van der Waals surface area contributed by atoms with Gasteiger partial charge < -0.3 is 4.90 Å². The Kier molecular flexibility index (Phi) is 4.68. The highest BCUT2D eigenvalue weighted by Gasteiger charge is 2.21. The maximum Gasteiger partial charge on any atom is 0.254 e. The molecule has 0 saturated carbocycles. The third kappa shape index (κ3) is 3.83. The molecule has 1 fully saturated rings. The number of hydrogen-bond acceptors (Lipinski definition) is 3. The van der Waals surface area contributed by atoms with Gasteiger partial charge in [0.1, 0.15) is 0 Å². The predicted octanol–water partition coefficient (Wildman–Crippen LogP) is 1.90. The van der Waals surface area contributed by atoms with Gasteiger partial charge in [-0.05, 0) is 55.9 Å². The van der Waals surface area contributed by atoms with Crippen LogP contribution in [0, 0.1) is 12.8 Å². The van der Waals surface area contributed by atoms with Gasteiger partial charge in [-0.1, -0.05) is 6.92 Å². The van der Waals surface area contributed by atoms with Gasteiger partial charge in [0.15, 0.2) is 0 Å². The molecular formula is C15H22N2O3S. The average Bonchev–Trinajstić information content (AvgIpc) is 2.61. The first-order valence-corrected chi connectivity index (χ1v) is 8.76. The number of nitrogens with zero attached hydrogens (tertiary/aromatic N) is 1. The summed E-state index contributed by atoms with van der Waals surface area (Å²) < 4.78 is 22.7. The summed E-state index contributed by atoms with van der Waals surface area (Å²) in [5.41, 5.74) is 1.20. The zero-order chi connectivity index (χ0) is 15.6. The number of rotatable bonds is 2. The second-order valence-corrected chi connectivity index (χ2v) is 7.41. The first kappa shape index (κ1) is 16.0. The minimum absolute atomic E-state index is 0.0254. The number of likely N-dealkylation sites (tertiary alicyclic amines) is 1. The van der Waals surface area contributed by atoms with Crippen LogP contribution in [0.3, 0.4) is 0 Å². The minimum Gasteiger partial charge on any atom is -0.339 e. The summed E-state index contributed by atoms with van der Waals surface area (Å²) in [5, 5.41) is 5.11. The van der Waals surface area contributed by atoms with E-state index in [0.717, 1.165) is 32.4 Å². The lowest BCUT2D eigenvalue weighted by Gasteiger charge is -2.21. The van der Waals surface area contributed by atoms with Crippen LogP contribution in [0.1, 0.15) is 42.1 Å². The molecule has 0 bridgehead atoms. The Bertz CT molecular complexity index is 640. The Labute approximate surface area is 126 Å². The quantitative estimate of drug-likeness (QED) is 0.906. The Morgan fingerprint density at radius 2 is 2.00 bits per heavy atom. The lowest BCUT2D eigenvalue weighted by molar-refractivity contribution is 0.0759.